The van der Waals surface area contributed by atoms with Crippen molar-refractivity contribution in [1.29, 1.82) is 0 Å². The van der Waals surface area contributed by atoms with E-state index in [4.69, 9.17) is 17.0 Å². The molecule has 2 aromatic rings. The van der Waals surface area contributed by atoms with Crippen LogP contribution in [0, 0.1) is 13.8 Å². The third-order valence-corrected chi connectivity index (χ3v) is 4.17. The molecule has 3 N–H and O–H groups in total. The van der Waals surface area contributed by atoms with E-state index in [9.17, 15) is 5.11 Å². The van der Waals surface area contributed by atoms with E-state index in [1.807, 2.05) is 26.0 Å². The molecule has 0 unspecified atom stereocenters. The Labute approximate surface area is 139 Å². The lowest BCUT2D eigenvalue weighted by Crippen LogP contribution is -2.29. The fourth-order valence-corrected chi connectivity index (χ4v) is 2.99. The highest BCUT2D eigenvalue weighted by molar-refractivity contribution is 7.80. The largest absolute Gasteiger partial charge is 0.493 e. The van der Waals surface area contributed by atoms with Crippen LogP contribution >= 0.6 is 12.2 Å². The van der Waals surface area contributed by atoms with Crippen molar-refractivity contribution < 1.29 is 9.84 Å². The highest BCUT2D eigenvalue weighted by Gasteiger charge is 2.16. The van der Waals surface area contributed by atoms with E-state index >= 15 is 0 Å². The molecular formula is C16H20N4O2S. The molecule has 1 aliphatic rings. The van der Waals surface area contributed by atoms with E-state index in [1.54, 1.807) is 0 Å². The zero-order valence-electron chi connectivity index (χ0n) is 13.2. The molecule has 122 valence electrons. The molecule has 7 heteroatoms. The van der Waals surface area contributed by atoms with Crippen LogP contribution in [0.15, 0.2) is 22.4 Å². The number of azo groups is 1. The Balaban J connectivity index is 1.75. The average Bonchev–Trinajstić information content (AvgIpc) is 3.11. The first-order chi connectivity index (χ1) is 11.0. The van der Waals surface area contributed by atoms with Gasteiger partial charge in [-0.25, -0.2) is 0 Å². The van der Waals surface area contributed by atoms with Gasteiger partial charge in [-0.1, -0.05) is 11.6 Å². The van der Waals surface area contributed by atoms with Gasteiger partial charge in [0.2, 0.25) is 11.0 Å². The summed E-state index contributed by atoms with van der Waals surface area (Å²) in [5.41, 5.74) is 3.42. The van der Waals surface area contributed by atoms with Crippen LogP contribution in [0.3, 0.4) is 0 Å². The van der Waals surface area contributed by atoms with E-state index in [2.05, 4.69) is 20.5 Å². The predicted molar refractivity (Wildman–Crippen MR) is 93.5 cm³/mol. The summed E-state index contributed by atoms with van der Waals surface area (Å²) in [5, 5.41) is 22.4. The minimum absolute atomic E-state index is 0.000578. The van der Waals surface area contributed by atoms with Crippen molar-refractivity contribution in [2.45, 2.75) is 32.8 Å². The van der Waals surface area contributed by atoms with Crippen LogP contribution < -0.4 is 5.32 Å². The second kappa shape index (κ2) is 6.64. The zero-order chi connectivity index (χ0) is 16.4. The van der Waals surface area contributed by atoms with Gasteiger partial charge in [0.15, 0.2) is 5.69 Å². The number of hydrogen-bond acceptors (Lipinski definition) is 4. The van der Waals surface area contributed by atoms with Crippen molar-refractivity contribution in [3.05, 3.63) is 23.3 Å². The van der Waals surface area contributed by atoms with Crippen LogP contribution in [0.4, 0.5) is 5.69 Å². The van der Waals surface area contributed by atoms with E-state index in [0.717, 1.165) is 41.5 Å². The minimum Gasteiger partial charge on any atom is -0.493 e. The molecule has 1 aliphatic heterocycles. The fourth-order valence-electron chi connectivity index (χ4n) is 2.86. The molecule has 2 heterocycles. The third-order valence-electron chi connectivity index (χ3n) is 3.95. The summed E-state index contributed by atoms with van der Waals surface area (Å²) in [6, 6.07) is 4.02. The first-order valence-corrected chi connectivity index (χ1v) is 8.08. The van der Waals surface area contributed by atoms with Crippen LogP contribution in [0.1, 0.15) is 24.0 Å². The second-order valence-electron chi connectivity index (χ2n) is 5.85. The van der Waals surface area contributed by atoms with Crippen molar-refractivity contribution in [2.24, 2.45) is 10.2 Å². The summed E-state index contributed by atoms with van der Waals surface area (Å²) in [6.07, 6.45) is 2.31. The molecule has 0 aliphatic carbocycles. The Morgan fingerprint density at radius 3 is 3.04 bits per heavy atom. The lowest BCUT2D eigenvalue weighted by atomic mass is 10.1. The molecule has 3 rings (SSSR count). The van der Waals surface area contributed by atoms with Gasteiger partial charge in [-0.05, 0) is 50.5 Å². The van der Waals surface area contributed by atoms with Crippen molar-refractivity contribution >= 4 is 33.9 Å². The fraction of sp³-hybridized carbons (Fsp3) is 0.438. The summed E-state index contributed by atoms with van der Waals surface area (Å²) in [5.74, 6) is -0.000578. The van der Waals surface area contributed by atoms with E-state index in [0.29, 0.717) is 17.3 Å². The Hall–Kier alpha value is -1.99. The summed E-state index contributed by atoms with van der Waals surface area (Å²) < 4.78 is 5.52. The molecule has 0 bridgehead atoms. The first-order valence-electron chi connectivity index (χ1n) is 7.67. The zero-order valence-corrected chi connectivity index (χ0v) is 14.0. The highest BCUT2D eigenvalue weighted by atomic mass is 32.1. The molecule has 0 radical (unpaired) electrons. The molecule has 1 aromatic carbocycles. The number of hydrogen-bond donors (Lipinski definition) is 3. The number of aromatic hydroxyl groups is 1. The van der Waals surface area contributed by atoms with Gasteiger partial charge in [-0.15, -0.1) is 10.2 Å². The van der Waals surface area contributed by atoms with Gasteiger partial charge < -0.3 is 20.1 Å². The van der Waals surface area contributed by atoms with Gasteiger partial charge in [-0.2, -0.15) is 0 Å². The van der Waals surface area contributed by atoms with Crippen LogP contribution in [0.25, 0.3) is 10.9 Å². The minimum atomic E-state index is -0.000578. The number of fused-ring (bicyclic) bond motifs is 1. The standard InChI is InChI=1S/C16H20N4O2S/c1-9-6-10(2)13-12(7-9)14(15(21)18-13)19-20-16(23)17-8-11-4-3-5-22-11/h6-7,11,18,21H,3-5,8H2,1-2H3,(H,17,23)/t11-/m1/s1. The summed E-state index contributed by atoms with van der Waals surface area (Å²) in [7, 11) is 0. The Morgan fingerprint density at radius 1 is 1.48 bits per heavy atom. The second-order valence-corrected chi connectivity index (χ2v) is 6.23. The van der Waals surface area contributed by atoms with Gasteiger partial charge >= 0.3 is 0 Å². The molecule has 0 spiro atoms. The smallest absolute Gasteiger partial charge is 0.218 e. The van der Waals surface area contributed by atoms with Gasteiger partial charge in [-0.3, -0.25) is 0 Å². The van der Waals surface area contributed by atoms with E-state index in [1.165, 1.54) is 0 Å². The molecule has 1 saturated heterocycles. The summed E-state index contributed by atoms with van der Waals surface area (Å²) in [6.45, 7) is 5.43. The molecule has 1 fully saturated rings. The number of nitrogens with one attached hydrogen (secondary N) is 2. The maximum absolute atomic E-state index is 10.1. The number of nitrogens with zero attached hydrogens (tertiary/aromatic N) is 2. The topological polar surface area (TPSA) is 82.0 Å². The monoisotopic (exact) mass is 332 g/mol. The Morgan fingerprint density at radius 2 is 2.30 bits per heavy atom. The van der Waals surface area contributed by atoms with E-state index < -0.39 is 0 Å². The number of rotatable bonds is 3. The number of thiocarbonyl (C=S) groups is 1. The number of ether oxygens (including phenoxy) is 1. The number of aromatic amines is 1. The third kappa shape index (κ3) is 3.51. The number of benzene rings is 1. The highest BCUT2D eigenvalue weighted by Crippen LogP contribution is 2.37. The normalized spacial score (nSPS) is 18.1. The van der Waals surface area contributed by atoms with Crippen molar-refractivity contribution in [3.8, 4) is 5.88 Å². The Kier molecular flexibility index (Phi) is 4.58. The quantitative estimate of drug-likeness (QED) is 0.592. The molecule has 1 aromatic heterocycles. The molecular weight excluding hydrogens is 312 g/mol. The number of H-pyrrole nitrogens is 1. The number of aryl methyl sites for hydroxylation is 2. The van der Waals surface area contributed by atoms with Gasteiger partial charge in [0.25, 0.3) is 0 Å². The van der Waals surface area contributed by atoms with Crippen LogP contribution in [-0.2, 0) is 4.74 Å². The maximum atomic E-state index is 10.1. The lowest BCUT2D eigenvalue weighted by molar-refractivity contribution is 0.114. The van der Waals surface area contributed by atoms with Crippen molar-refractivity contribution in [1.82, 2.24) is 10.3 Å². The van der Waals surface area contributed by atoms with Crippen molar-refractivity contribution in [3.63, 3.8) is 0 Å². The SMILES string of the molecule is Cc1cc(C)c2[nH]c(O)c(N=NC(=S)NC[C@H]3CCCO3)c2c1. The lowest BCUT2D eigenvalue weighted by Gasteiger charge is -2.09. The molecule has 0 saturated carbocycles. The van der Waals surface area contributed by atoms with Crippen LogP contribution in [0.5, 0.6) is 5.88 Å². The number of aromatic nitrogens is 1. The predicted octanol–water partition coefficient (Wildman–Crippen LogP) is 3.63. The average molecular weight is 332 g/mol. The Bertz CT molecular complexity index is 763. The molecule has 0 amide bonds. The van der Waals surface area contributed by atoms with Gasteiger partial charge in [0.05, 0.1) is 11.6 Å². The maximum Gasteiger partial charge on any atom is 0.218 e. The molecule has 23 heavy (non-hydrogen) atoms. The first kappa shape index (κ1) is 15.9. The van der Waals surface area contributed by atoms with Crippen LogP contribution in [-0.4, -0.2) is 34.5 Å². The van der Waals surface area contributed by atoms with Gasteiger partial charge in [0, 0.05) is 18.5 Å². The summed E-state index contributed by atoms with van der Waals surface area (Å²) in [4.78, 5) is 2.94. The van der Waals surface area contributed by atoms with Gasteiger partial charge in [0.1, 0.15) is 0 Å². The van der Waals surface area contributed by atoms with Crippen molar-refractivity contribution in [2.75, 3.05) is 13.2 Å². The molecule has 6 nitrogen and oxygen atoms in total. The van der Waals surface area contributed by atoms with E-state index in [-0.39, 0.29) is 12.0 Å². The summed E-state index contributed by atoms with van der Waals surface area (Å²) >= 11 is 5.16. The van der Waals surface area contributed by atoms with Crippen LogP contribution in [0.2, 0.25) is 0 Å². The molecule has 1 atom stereocenters.